The Morgan fingerprint density at radius 1 is 1.57 bits per heavy atom. The van der Waals surface area contributed by atoms with Crippen molar-refractivity contribution in [3.05, 3.63) is 11.6 Å². The van der Waals surface area contributed by atoms with E-state index < -0.39 is 0 Å². The van der Waals surface area contributed by atoms with E-state index in [1.807, 2.05) is 0 Å². The summed E-state index contributed by atoms with van der Waals surface area (Å²) in [5, 5.41) is 0. The fourth-order valence-electron chi connectivity index (χ4n) is 3.38. The van der Waals surface area contributed by atoms with E-state index in [1.165, 1.54) is 12.0 Å². The Hall–Kier alpha value is -0.590. The maximum absolute atomic E-state index is 11.2. The van der Waals surface area contributed by atoms with Crippen LogP contribution in [0.3, 0.4) is 0 Å². The van der Waals surface area contributed by atoms with E-state index in [9.17, 15) is 4.79 Å². The summed E-state index contributed by atoms with van der Waals surface area (Å²) in [4.78, 5) is 11.2. The van der Waals surface area contributed by atoms with Gasteiger partial charge in [-0.15, -0.1) is 0 Å². The summed E-state index contributed by atoms with van der Waals surface area (Å²) >= 11 is 0. The first-order chi connectivity index (χ1) is 6.44. The van der Waals surface area contributed by atoms with E-state index in [1.54, 1.807) is 6.92 Å². The van der Waals surface area contributed by atoms with Gasteiger partial charge in [-0.3, -0.25) is 0 Å². The monoisotopic (exact) mass is 192 g/mol. The van der Waals surface area contributed by atoms with Crippen molar-refractivity contribution in [3.63, 3.8) is 0 Å². The van der Waals surface area contributed by atoms with Gasteiger partial charge in [0.1, 0.15) is 5.78 Å². The molecular weight excluding hydrogens is 172 g/mol. The zero-order valence-corrected chi connectivity index (χ0v) is 9.63. The topological polar surface area (TPSA) is 17.1 Å². The highest BCUT2D eigenvalue weighted by molar-refractivity contribution is 5.76. The molecule has 0 spiro atoms. The zero-order valence-electron chi connectivity index (χ0n) is 9.63. The van der Waals surface area contributed by atoms with Gasteiger partial charge in [0.15, 0.2) is 0 Å². The summed E-state index contributed by atoms with van der Waals surface area (Å²) in [6.07, 6.45) is 4.34. The lowest BCUT2D eigenvalue weighted by atomic mass is 9.84. The second kappa shape index (κ2) is 2.95. The number of ketones is 1. The third-order valence-corrected chi connectivity index (χ3v) is 4.36. The van der Waals surface area contributed by atoms with Crippen molar-refractivity contribution in [2.75, 3.05) is 0 Å². The molecule has 3 unspecified atom stereocenters. The highest BCUT2D eigenvalue weighted by atomic mass is 16.1. The summed E-state index contributed by atoms with van der Waals surface area (Å²) in [5.74, 6) is 2.50. The highest BCUT2D eigenvalue weighted by Crippen LogP contribution is 2.67. The molecule has 2 rings (SSSR count). The molecule has 2 aliphatic rings. The molecule has 14 heavy (non-hydrogen) atoms. The largest absolute Gasteiger partial charge is 0.300 e. The van der Waals surface area contributed by atoms with Crippen molar-refractivity contribution in [2.24, 2.45) is 23.2 Å². The second-order valence-electron chi connectivity index (χ2n) is 5.65. The van der Waals surface area contributed by atoms with Gasteiger partial charge in [0.05, 0.1) is 0 Å². The summed E-state index contributed by atoms with van der Waals surface area (Å²) in [6.45, 7) is 8.61. The van der Waals surface area contributed by atoms with E-state index in [0.717, 1.165) is 18.3 Å². The minimum atomic E-state index is 0.339. The maximum Gasteiger partial charge on any atom is 0.130 e. The van der Waals surface area contributed by atoms with E-state index in [-0.39, 0.29) is 0 Å². The summed E-state index contributed by atoms with van der Waals surface area (Å²) in [7, 11) is 0. The minimum Gasteiger partial charge on any atom is -0.300 e. The molecule has 0 amide bonds. The Labute approximate surface area is 86.6 Å². The van der Waals surface area contributed by atoms with Crippen LogP contribution >= 0.6 is 0 Å². The van der Waals surface area contributed by atoms with Crippen LogP contribution in [0.15, 0.2) is 11.6 Å². The van der Waals surface area contributed by atoms with Gasteiger partial charge in [0.2, 0.25) is 0 Å². The fraction of sp³-hybridized carbons (Fsp3) is 0.769. The van der Waals surface area contributed by atoms with Crippen molar-refractivity contribution in [1.82, 2.24) is 0 Å². The molecule has 2 aliphatic carbocycles. The van der Waals surface area contributed by atoms with Crippen LogP contribution in [0.1, 0.15) is 40.5 Å². The molecule has 0 aromatic heterocycles. The average Bonchev–Trinajstić information content (AvgIpc) is 2.60. The van der Waals surface area contributed by atoms with E-state index in [2.05, 4.69) is 26.8 Å². The molecule has 0 N–H and O–H groups in total. The molecule has 1 heteroatoms. The number of carbonyl (C=O) groups excluding carboxylic acids is 1. The average molecular weight is 192 g/mol. The quantitative estimate of drug-likeness (QED) is 0.614. The number of allylic oxidation sites excluding steroid dienone is 2. The van der Waals surface area contributed by atoms with Gasteiger partial charge in [0, 0.05) is 6.42 Å². The van der Waals surface area contributed by atoms with Gasteiger partial charge in [-0.2, -0.15) is 0 Å². The van der Waals surface area contributed by atoms with E-state index >= 15 is 0 Å². The fourth-order valence-corrected chi connectivity index (χ4v) is 3.38. The van der Waals surface area contributed by atoms with Crippen LogP contribution in [-0.4, -0.2) is 5.78 Å². The molecule has 0 radical (unpaired) electrons. The molecular formula is C13H20O. The predicted octanol–water partition coefficient (Wildman–Crippen LogP) is 3.20. The molecule has 0 aromatic rings. The molecule has 0 saturated heterocycles. The minimum absolute atomic E-state index is 0.339. The number of Topliss-reactive ketones (excluding diaryl/α,β-unsaturated/α-hetero) is 1. The van der Waals surface area contributed by atoms with E-state index in [4.69, 9.17) is 0 Å². The Morgan fingerprint density at radius 3 is 2.79 bits per heavy atom. The van der Waals surface area contributed by atoms with Gasteiger partial charge in [-0.05, 0) is 43.4 Å². The lowest BCUT2D eigenvalue weighted by molar-refractivity contribution is -0.117. The maximum atomic E-state index is 11.2. The summed E-state index contributed by atoms with van der Waals surface area (Å²) < 4.78 is 0. The third kappa shape index (κ3) is 1.34. The Balaban J connectivity index is 2.16. The number of fused-ring (bicyclic) bond motifs is 1. The molecule has 3 atom stereocenters. The van der Waals surface area contributed by atoms with Gasteiger partial charge < -0.3 is 4.79 Å². The molecule has 0 aliphatic heterocycles. The predicted molar refractivity (Wildman–Crippen MR) is 57.9 cm³/mol. The normalized spacial score (nSPS) is 38.6. The van der Waals surface area contributed by atoms with Crippen molar-refractivity contribution in [2.45, 2.75) is 40.5 Å². The summed E-state index contributed by atoms with van der Waals surface area (Å²) in [6, 6.07) is 0. The Kier molecular flexibility index (Phi) is 2.09. The van der Waals surface area contributed by atoms with Crippen LogP contribution in [0.5, 0.6) is 0 Å². The molecule has 78 valence electrons. The molecule has 1 fully saturated rings. The summed E-state index contributed by atoms with van der Waals surface area (Å²) in [5.41, 5.74) is 1.93. The van der Waals surface area contributed by atoms with E-state index in [0.29, 0.717) is 17.1 Å². The molecule has 0 heterocycles. The van der Waals surface area contributed by atoms with Crippen LogP contribution in [0.2, 0.25) is 0 Å². The van der Waals surface area contributed by atoms with Gasteiger partial charge in [-0.1, -0.05) is 25.5 Å². The van der Waals surface area contributed by atoms with Crippen molar-refractivity contribution in [3.8, 4) is 0 Å². The SMILES string of the molecule is CC(=O)CC1C(C)=CCC2C1C2(C)C. The standard InChI is InChI=1S/C13H20O/c1-8-5-6-11-12(13(11,3)4)10(8)7-9(2)14/h5,10-12H,6-7H2,1-4H3. The number of hydrogen-bond donors (Lipinski definition) is 0. The van der Waals surface area contributed by atoms with Gasteiger partial charge >= 0.3 is 0 Å². The van der Waals surface area contributed by atoms with Crippen LogP contribution in [0, 0.1) is 23.2 Å². The first-order valence-corrected chi connectivity index (χ1v) is 5.60. The van der Waals surface area contributed by atoms with Crippen molar-refractivity contribution >= 4 is 5.78 Å². The first kappa shape index (κ1) is 9.95. The van der Waals surface area contributed by atoms with Crippen LogP contribution < -0.4 is 0 Å². The van der Waals surface area contributed by atoms with Gasteiger partial charge in [-0.25, -0.2) is 0 Å². The smallest absolute Gasteiger partial charge is 0.130 e. The van der Waals surface area contributed by atoms with Crippen LogP contribution in [0.25, 0.3) is 0 Å². The Bertz CT molecular complexity index is 298. The van der Waals surface area contributed by atoms with Crippen LogP contribution in [0.4, 0.5) is 0 Å². The highest BCUT2D eigenvalue weighted by Gasteiger charge is 2.61. The molecule has 0 bridgehead atoms. The number of rotatable bonds is 2. The van der Waals surface area contributed by atoms with Crippen molar-refractivity contribution in [1.29, 1.82) is 0 Å². The number of hydrogen-bond acceptors (Lipinski definition) is 1. The lowest BCUT2D eigenvalue weighted by Crippen LogP contribution is -2.14. The third-order valence-electron chi connectivity index (χ3n) is 4.36. The number of carbonyl (C=O) groups is 1. The molecule has 1 nitrogen and oxygen atoms in total. The first-order valence-electron chi connectivity index (χ1n) is 5.60. The van der Waals surface area contributed by atoms with Crippen LogP contribution in [-0.2, 0) is 4.79 Å². The van der Waals surface area contributed by atoms with Crippen molar-refractivity contribution < 1.29 is 4.79 Å². The molecule has 1 saturated carbocycles. The molecule has 0 aromatic carbocycles. The lowest BCUT2D eigenvalue weighted by Gasteiger charge is -2.20. The zero-order chi connectivity index (χ0) is 10.5. The second-order valence-corrected chi connectivity index (χ2v) is 5.65. The van der Waals surface area contributed by atoms with Gasteiger partial charge in [0.25, 0.3) is 0 Å². The Morgan fingerprint density at radius 2 is 2.21 bits per heavy atom.